The number of fused-ring (bicyclic) bond motifs is 2. The smallest absolute Gasteiger partial charge is 0.272 e. The van der Waals surface area contributed by atoms with Crippen LogP contribution in [0.15, 0.2) is 79.0 Å². The number of carbonyl (C=O) groups is 1. The Morgan fingerprint density at radius 3 is 2.45 bits per heavy atom. The van der Waals surface area contributed by atoms with E-state index >= 15 is 0 Å². The summed E-state index contributed by atoms with van der Waals surface area (Å²) in [6.45, 7) is 0.439. The van der Waals surface area contributed by atoms with Crippen LogP contribution >= 0.6 is 0 Å². The molecule has 1 atom stereocenters. The summed E-state index contributed by atoms with van der Waals surface area (Å²) >= 11 is 0. The highest BCUT2D eigenvalue weighted by atomic mass is 16.5. The summed E-state index contributed by atoms with van der Waals surface area (Å²) in [5, 5.41) is 12.2. The standard InChI is InChI=1S/C25H22N4O2/c1-31-17-12-10-16(11-13-17)20(21-15-26-22-8-4-2-6-18(21)22)14-27-25(30)24-19-7-3-5-9-23(19)28-29-24/h2-13,15,20,26H,14H2,1H3,(H,27,30)(H,28,29). The average molecular weight is 410 g/mol. The van der Waals surface area contributed by atoms with Crippen LogP contribution in [0.3, 0.4) is 0 Å². The molecule has 5 aromatic rings. The lowest BCUT2D eigenvalue weighted by atomic mass is 9.90. The third kappa shape index (κ3) is 3.53. The summed E-state index contributed by atoms with van der Waals surface area (Å²) in [4.78, 5) is 16.3. The molecule has 0 saturated carbocycles. The number of hydrogen-bond acceptors (Lipinski definition) is 3. The van der Waals surface area contributed by atoms with E-state index in [4.69, 9.17) is 4.74 Å². The second-order valence-electron chi connectivity index (χ2n) is 7.44. The Morgan fingerprint density at radius 1 is 0.968 bits per heavy atom. The van der Waals surface area contributed by atoms with Crippen LogP contribution in [0.5, 0.6) is 5.75 Å². The first kappa shape index (κ1) is 18.9. The fourth-order valence-electron chi connectivity index (χ4n) is 4.04. The van der Waals surface area contributed by atoms with Gasteiger partial charge in [0.1, 0.15) is 5.75 Å². The Balaban J connectivity index is 1.47. The van der Waals surface area contributed by atoms with E-state index in [1.807, 2.05) is 66.9 Å². The molecule has 0 aliphatic carbocycles. The highest BCUT2D eigenvalue weighted by Gasteiger charge is 2.21. The number of nitrogens with one attached hydrogen (secondary N) is 3. The number of para-hydroxylation sites is 2. The summed E-state index contributed by atoms with van der Waals surface area (Å²) in [5.74, 6) is 0.570. The third-order valence-electron chi connectivity index (χ3n) is 5.67. The molecule has 0 aliphatic heterocycles. The Hall–Kier alpha value is -4.06. The van der Waals surface area contributed by atoms with Gasteiger partial charge in [0.05, 0.1) is 12.6 Å². The van der Waals surface area contributed by atoms with Crippen LogP contribution in [0.4, 0.5) is 0 Å². The van der Waals surface area contributed by atoms with Crippen LogP contribution < -0.4 is 10.1 Å². The van der Waals surface area contributed by atoms with E-state index in [1.165, 1.54) is 0 Å². The zero-order chi connectivity index (χ0) is 21.2. The summed E-state index contributed by atoms with van der Waals surface area (Å²) in [7, 11) is 1.65. The molecule has 0 aliphatic rings. The Kier molecular flexibility index (Phi) is 4.88. The second kappa shape index (κ2) is 7.99. The molecule has 1 amide bonds. The molecule has 0 radical (unpaired) electrons. The van der Waals surface area contributed by atoms with E-state index in [0.29, 0.717) is 12.2 Å². The number of hydrogen-bond donors (Lipinski definition) is 3. The minimum Gasteiger partial charge on any atom is -0.497 e. The average Bonchev–Trinajstić information content (AvgIpc) is 3.44. The number of benzene rings is 3. The van der Waals surface area contributed by atoms with Gasteiger partial charge in [-0.25, -0.2) is 0 Å². The van der Waals surface area contributed by atoms with Gasteiger partial charge in [-0.15, -0.1) is 0 Å². The van der Waals surface area contributed by atoms with Crippen molar-refractivity contribution in [2.24, 2.45) is 0 Å². The van der Waals surface area contributed by atoms with Crippen molar-refractivity contribution in [1.29, 1.82) is 0 Å². The molecule has 6 heteroatoms. The highest BCUT2D eigenvalue weighted by Crippen LogP contribution is 2.31. The van der Waals surface area contributed by atoms with E-state index in [2.05, 4.69) is 32.6 Å². The van der Waals surface area contributed by atoms with Crippen LogP contribution in [-0.4, -0.2) is 34.7 Å². The third-order valence-corrected chi connectivity index (χ3v) is 5.67. The molecular formula is C25H22N4O2. The van der Waals surface area contributed by atoms with Crippen LogP contribution in [0.1, 0.15) is 27.5 Å². The van der Waals surface area contributed by atoms with Crippen molar-refractivity contribution in [3.05, 3.63) is 95.8 Å². The lowest BCUT2D eigenvalue weighted by Gasteiger charge is -2.18. The summed E-state index contributed by atoms with van der Waals surface area (Å²) in [5.41, 5.74) is 4.55. The minimum atomic E-state index is -0.198. The predicted octanol–water partition coefficient (Wildman–Crippen LogP) is 4.61. The van der Waals surface area contributed by atoms with E-state index in [1.54, 1.807) is 7.11 Å². The van der Waals surface area contributed by atoms with Crippen molar-refractivity contribution in [3.63, 3.8) is 0 Å². The molecule has 1 unspecified atom stereocenters. The van der Waals surface area contributed by atoms with Crippen molar-refractivity contribution in [2.45, 2.75) is 5.92 Å². The van der Waals surface area contributed by atoms with Gasteiger partial charge in [-0.2, -0.15) is 5.10 Å². The summed E-state index contributed by atoms with van der Waals surface area (Å²) in [6.07, 6.45) is 2.02. The topological polar surface area (TPSA) is 82.8 Å². The van der Waals surface area contributed by atoms with Gasteiger partial charge in [0.25, 0.3) is 5.91 Å². The highest BCUT2D eigenvalue weighted by molar-refractivity contribution is 6.04. The zero-order valence-electron chi connectivity index (χ0n) is 17.1. The number of aromatic amines is 2. The molecule has 0 fully saturated rings. The van der Waals surface area contributed by atoms with Gasteiger partial charge in [-0.05, 0) is 35.4 Å². The number of ether oxygens (including phenoxy) is 1. The van der Waals surface area contributed by atoms with Gasteiger partial charge in [-0.1, -0.05) is 48.5 Å². The van der Waals surface area contributed by atoms with Gasteiger partial charge in [0, 0.05) is 34.9 Å². The predicted molar refractivity (Wildman–Crippen MR) is 122 cm³/mol. The summed E-state index contributed by atoms with van der Waals surface area (Å²) < 4.78 is 5.31. The lowest BCUT2D eigenvalue weighted by molar-refractivity contribution is 0.0949. The first-order valence-corrected chi connectivity index (χ1v) is 10.2. The number of aromatic nitrogens is 3. The van der Waals surface area contributed by atoms with Crippen LogP contribution in [0.25, 0.3) is 21.8 Å². The summed E-state index contributed by atoms with van der Waals surface area (Å²) in [6, 6.07) is 23.8. The van der Waals surface area contributed by atoms with E-state index < -0.39 is 0 Å². The molecule has 3 aromatic carbocycles. The van der Waals surface area contributed by atoms with Gasteiger partial charge in [0.2, 0.25) is 0 Å². The van der Waals surface area contributed by atoms with Gasteiger partial charge < -0.3 is 15.0 Å². The van der Waals surface area contributed by atoms with Gasteiger partial charge >= 0.3 is 0 Å². The molecule has 3 N–H and O–H groups in total. The number of carbonyl (C=O) groups excluding carboxylic acids is 1. The van der Waals surface area contributed by atoms with Crippen LogP contribution in [0.2, 0.25) is 0 Å². The largest absolute Gasteiger partial charge is 0.497 e. The van der Waals surface area contributed by atoms with Crippen molar-refractivity contribution < 1.29 is 9.53 Å². The second-order valence-corrected chi connectivity index (χ2v) is 7.44. The molecule has 0 bridgehead atoms. The normalized spacial score (nSPS) is 12.2. The Morgan fingerprint density at radius 2 is 1.68 bits per heavy atom. The number of rotatable bonds is 6. The first-order valence-electron chi connectivity index (χ1n) is 10.2. The van der Waals surface area contributed by atoms with Crippen molar-refractivity contribution in [2.75, 3.05) is 13.7 Å². The number of nitrogens with zero attached hydrogens (tertiary/aromatic N) is 1. The molecule has 6 nitrogen and oxygen atoms in total. The fraction of sp³-hybridized carbons (Fsp3) is 0.120. The molecule has 2 aromatic heterocycles. The molecule has 5 rings (SSSR count). The maximum atomic E-state index is 13.0. The van der Waals surface area contributed by atoms with Crippen molar-refractivity contribution >= 4 is 27.7 Å². The molecule has 154 valence electrons. The number of H-pyrrole nitrogens is 2. The Bertz CT molecular complexity index is 1350. The fourth-order valence-corrected chi connectivity index (χ4v) is 4.04. The Labute approximate surface area is 179 Å². The van der Waals surface area contributed by atoms with E-state index in [0.717, 1.165) is 38.7 Å². The van der Waals surface area contributed by atoms with E-state index in [-0.39, 0.29) is 11.8 Å². The van der Waals surface area contributed by atoms with Crippen LogP contribution in [0, 0.1) is 0 Å². The SMILES string of the molecule is COc1ccc(C(CNC(=O)c2n[nH]c3ccccc23)c2c[nH]c3ccccc23)cc1. The molecule has 2 heterocycles. The van der Waals surface area contributed by atoms with Gasteiger partial charge in [0.15, 0.2) is 5.69 Å². The van der Waals surface area contributed by atoms with Crippen molar-refractivity contribution in [1.82, 2.24) is 20.5 Å². The molecule has 0 spiro atoms. The number of methoxy groups -OCH3 is 1. The minimum absolute atomic E-state index is 0.0313. The quantitative estimate of drug-likeness (QED) is 0.382. The van der Waals surface area contributed by atoms with Gasteiger partial charge in [-0.3, -0.25) is 9.89 Å². The van der Waals surface area contributed by atoms with Crippen molar-refractivity contribution in [3.8, 4) is 5.75 Å². The molecule has 31 heavy (non-hydrogen) atoms. The maximum absolute atomic E-state index is 13.0. The van der Waals surface area contributed by atoms with E-state index in [9.17, 15) is 4.79 Å². The molecular weight excluding hydrogens is 388 g/mol. The zero-order valence-corrected chi connectivity index (χ0v) is 17.1. The lowest BCUT2D eigenvalue weighted by Crippen LogP contribution is -2.29. The molecule has 0 saturated heterocycles. The monoisotopic (exact) mass is 410 g/mol. The maximum Gasteiger partial charge on any atom is 0.272 e. The number of amides is 1. The first-order chi connectivity index (χ1) is 15.2. The van der Waals surface area contributed by atoms with Crippen LogP contribution in [-0.2, 0) is 0 Å².